The molecule has 24 heteroatoms. The van der Waals surface area contributed by atoms with Crippen molar-refractivity contribution >= 4 is 71.2 Å². The Morgan fingerprint density at radius 3 is 1.84 bits per heavy atom. The lowest BCUT2D eigenvalue weighted by molar-refractivity contribution is -0.140. The third kappa shape index (κ3) is 22.8. The molecule has 0 spiro atoms. The predicted octanol–water partition coefficient (Wildman–Crippen LogP) is 7.13. The summed E-state index contributed by atoms with van der Waals surface area (Å²) in [5, 5.41) is 10.7. The normalized spacial score (nSPS) is 14.6. The van der Waals surface area contributed by atoms with Crippen molar-refractivity contribution in [3.05, 3.63) is 113 Å². The van der Waals surface area contributed by atoms with E-state index in [9.17, 15) is 47.9 Å². The summed E-state index contributed by atoms with van der Waals surface area (Å²) in [5.41, 5.74) is 6.41. The van der Waals surface area contributed by atoms with Crippen molar-refractivity contribution in [2.45, 2.75) is 139 Å². The van der Waals surface area contributed by atoms with E-state index < -0.39 is 76.4 Å². The van der Waals surface area contributed by atoms with Crippen molar-refractivity contribution in [3.63, 3.8) is 0 Å². The van der Waals surface area contributed by atoms with Crippen LogP contribution in [0, 0.1) is 23.2 Å². The molecule has 3 aromatic rings. The number of imide groups is 2. The minimum Gasteiger partial charge on any atom is -0.491 e. The quantitative estimate of drug-likeness (QED) is 0.0166. The zero-order valence-electron chi connectivity index (χ0n) is 55.1. The van der Waals surface area contributed by atoms with Crippen molar-refractivity contribution in [1.82, 2.24) is 25.8 Å². The molecule has 0 saturated heterocycles. The van der Waals surface area contributed by atoms with E-state index in [-0.39, 0.29) is 102 Å². The number of nitrogens with one attached hydrogen (secondary N) is 4. The predicted molar refractivity (Wildman–Crippen MR) is 342 cm³/mol. The van der Waals surface area contributed by atoms with E-state index in [1.54, 1.807) is 110 Å². The van der Waals surface area contributed by atoms with Gasteiger partial charge in [0.2, 0.25) is 23.6 Å². The number of nitrogens with zero attached hydrogens (tertiary/aromatic N) is 3. The third-order valence-electron chi connectivity index (χ3n) is 15.6. The second-order valence-corrected chi connectivity index (χ2v) is 24.8. The van der Waals surface area contributed by atoms with Crippen molar-refractivity contribution in [2.75, 3.05) is 77.1 Å². The molecule has 1 heterocycles. The van der Waals surface area contributed by atoms with E-state index in [0.29, 0.717) is 58.0 Å². The van der Waals surface area contributed by atoms with Gasteiger partial charge in [-0.1, -0.05) is 105 Å². The first-order valence-electron chi connectivity index (χ1n) is 30.5. The Morgan fingerprint density at radius 1 is 0.714 bits per heavy atom. The van der Waals surface area contributed by atoms with Crippen LogP contribution < -0.4 is 36.6 Å². The average molecular weight is 1270 g/mol. The molecule has 1 aliphatic rings. The Balaban J connectivity index is 1.30. The lowest BCUT2D eigenvalue weighted by Gasteiger charge is -2.42. The Bertz CT molecular complexity index is 3010. The van der Waals surface area contributed by atoms with Gasteiger partial charge in [-0.25, -0.2) is 14.5 Å². The fraction of sp³-hybridized carbons (Fsp3) is 0.522. The molecule has 9 amide bonds. The van der Waals surface area contributed by atoms with E-state index in [0.717, 1.165) is 4.90 Å². The highest BCUT2D eigenvalue weighted by Gasteiger charge is 2.45. The van der Waals surface area contributed by atoms with Gasteiger partial charge in [-0.15, -0.1) is 0 Å². The number of anilines is 2. The molecular weight excluding hydrogens is 1170 g/mol. The van der Waals surface area contributed by atoms with Crippen LogP contribution in [0.25, 0.3) is 0 Å². The second kappa shape index (κ2) is 35.9. The van der Waals surface area contributed by atoms with Crippen molar-refractivity contribution in [2.24, 2.45) is 28.9 Å². The Kier molecular flexibility index (Phi) is 29.7. The molecule has 0 fully saturated rings. The highest BCUT2D eigenvalue weighted by Crippen LogP contribution is 2.33. The van der Waals surface area contributed by atoms with Crippen LogP contribution >= 0.6 is 0 Å². The van der Waals surface area contributed by atoms with Crippen molar-refractivity contribution in [1.29, 1.82) is 0 Å². The maximum atomic E-state index is 14.6. The van der Waals surface area contributed by atoms with Crippen LogP contribution in [-0.2, 0) is 74.1 Å². The molecule has 24 nitrogen and oxygen atoms in total. The summed E-state index contributed by atoms with van der Waals surface area (Å²) >= 11 is 0. The number of urea groups is 1. The second-order valence-electron chi connectivity index (χ2n) is 24.8. The van der Waals surface area contributed by atoms with Crippen LogP contribution in [0.5, 0.6) is 5.75 Å². The Hall–Kier alpha value is -8.32. The molecule has 4 rings (SSSR count). The first-order valence-corrected chi connectivity index (χ1v) is 30.5. The van der Waals surface area contributed by atoms with Crippen LogP contribution in [0.15, 0.2) is 102 Å². The van der Waals surface area contributed by atoms with Gasteiger partial charge in [-0.3, -0.25) is 53.5 Å². The Morgan fingerprint density at radius 2 is 1.29 bits per heavy atom. The van der Waals surface area contributed by atoms with E-state index in [2.05, 4.69) is 21.3 Å². The number of Topliss-reactive ketones (excluding diaryl/α,β-unsaturated/α-hetero) is 1. The van der Waals surface area contributed by atoms with E-state index >= 15 is 0 Å². The van der Waals surface area contributed by atoms with Gasteiger partial charge >= 0.3 is 12.1 Å². The molecule has 498 valence electrons. The maximum Gasteiger partial charge on any atom is 0.410 e. The summed E-state index contributed by atoms with van der Waals surface area (Å²) in [6.45, 7) is 22.8. The Labute approximate surface area is 534 Å². The van der Waals surface area contributed by atoms with Gasteiger partial charge in [-0.2, -0.15) is 0 Å². The number of ether oxygens (including phenoxy) is 6. The summed E-state index contributed by atoms with van der Waals surface area (Å²) in [4.78, 5) is 136. The third-order valence-corrected chi connectivity index (χ3v) is 15.6. The first kappa shape index (κ1) is 75.1. The number of carbonyl (C=O) groups excluding carboxylic acids is 10. The molecule has 0 saturated carbocycles. The number of carbonyl (C=O) groups is 10. The van der Waals surface area contributed by atoms with E-state index in [1.807, 2.05) is 69.9 Å². The number of amides is 9. The number of benzene rings is 3. The lowest BCUT2D eigenvalue weighted by Crippen LogP contribution is -2.62. The van der Waals surface area contributed by atoms with Crippen LogP contribution in [0.2, 0.25) is 0 Å². The summed E-state index contributed by atoms with van der Waals surface area (Å²) < 4.78 is 33.2. The van der Waals surface area contributed by atoms with Crippen LogP contribution in [0.1, 0.15) is 113 Å². The highest BCUT2D eigenvalue weighted by atomic mass is 16.6. The number of hydrogen-bond acceptors (Lipinski definition) is 17. The minimum atomic E-state index is -1.26. The standard InChI is InChI=1S/C67H94N8O16/c1-42(2)53(37-44(5)91-41-76)73(13)57(66(8,9)10)60(80)72-61(81)58(67(11,12)49-20-16-15-17-21-49)74(14)65(85)90-39-47-22-24-50(25-23-47)70-59(79)48(19-18-30-69-64(68)84)38-54(77)56(43(3)4)71-55(78)40-88-34-33-86-31-32-87-35-36-89-52-28-26-51(27-29-52)75-62(82)45(6)46(7)63(75)83/h15-17,20-29,37,41-43,48,53,56-58H,18-19,30-36,38-40H2,1-14H3,(H,70,79)(H,71,78)(H3,68,69,84)(H,72,80,81)/b44-37+/t48-,53-,56?,57-,58-/m1/s1. The van der Waals surface area contributed by atoms with Gasteiger partial charge in [0.15, 0.2) is 5.78 Å². The molecule has 5 atom stereocenters. The molecule has 1 aliphatic heterocycles. The minimum absolute atomic E-state index is 0.0357. The van der Waals surface area contributed by atoms with E-state index in [1.165, 1.54) is 11.9 Å². The molecule has 0 radical (unpaired) electrons. The van der Waals surface area contributed by atoms with Crippen molar-refractivity contribution < 1.29 is 76.4 Å². The van der Waals surface area contributed by atoms with E-state index in [4.69, 9.17) is 34.2 Å². The summed E-state index contributed by atoms with van der Waals surface area (Å²) in [5.74, 6) is -3.82. The smallest absolute Gasteiger partial charge is 0.410 e. The number of allylic oxidation sites excluding steroid dienone is 1. The number of ketones is 1. The molecule has 0 aromatic heterocycles. The zero-order chi connectivity index (χ0) is 67.8. The summed E-state index contributed by atoms with van der Waals surface area (Å²) in [6, 6.07) is 18.0. The van der Waals surface area contributed by atoms with Crippen molar-refractivity contribution in [3.8, 4) is 5.75 Å². The topological polar surface area (TPSA) is 310 Å². The fourth-order valence-corrected chi connectivity index (χ4v) is 10.6. The molecule has 3 aromatic carbocycles. The maximum absolute atomic E-state index is 14.6. The van der Waals surface area contributed by atoms with Gasteiger partial charge in [0.05, 0.1) is 50.8 Å². The van der Waals surface area contributed by atoms with Gasteiger partial charge in [0, 0.05) is 54.2 Å². The number of rotatable bonds is 37. The average Bonchev–Trinajstić information content (AvgIpc) is 1.79. The number of primary amides is 1. The molecular formula is C67H94N8O16. The first-order chi connectivity index (χ1) is 42.9. The molecule has 91 heavy (non-hydrogen) atoms. The van der Waals surface area contributed by atoms with Crippen LogP contribution in [-0.4, -0.2) is 161 Å². The fourth-order valence-electron chi connectivity index (χ4n) is 10.6. The number of likely N-dealkylation sites (N-methyl/N-ethyl adjacent to an activating group) is 2. The largest absolute Gasteiger partial charge is 0.491 e. The lowest BCUT2D eigenvalue weighted by atomic mass is 9.76. The summed E-state index contributed by atoms with van der Waals surface area (Å²) in [6.07, 6.45) is 1.14. The SMILES string of the molecule is CC1=C(C)C(=O)N(c2ccc(OCCOCCOCCOCC(=O)NC(C(=O)C[C@@H](CCCNC(N)=O)C(=O)Nc3ccc(COC(=O)N(C)[C@H](C(=O)NC(=O)[C@@H](N(C)[C@H](/C=C(\C)OC=O)C(C)C)C(C)(C)C)C(C)(C)c4ccccc4)cc3)C(C)C)cc2)C1=O. The van der Waals surface area contributed by atoms with Crippen LogP contribution in [0.3, 0.4) is 0 Å². The molecule has 0 aliphatic carbocycles. The van der Waals surface area contributed by atoms with Crippen LogP contribution in [0.4, 0.5) is 21.0 Å². The molecule has 0 bridgehead atoms. The summed E-state index contributed by atoms with van der Waals surface area (Å²) in [7, 11) is 3.20. The zero-order valence-corrected chi connectivity index (χ0v) is 55.1. The highest BCUT2D eigenvalue weighted by molar-refractivity contribution is 6.32. The monoisotopic (exact) mass is 1270 g/mol. The van der Waals surface area contributed by atoms with Gasteiger partial charge < -0.3 is 50.1 Å². The van der Waals surface area contributed by atoms with Gasteiger partial charge in [-0.05, 0) is 112 Å². The number of nitrogens with two attached hydrogens (primary N) is 1. The number of hydrogen-bond donors (Lipinski definition) is 5. The molecule has 1 unspecified atom stereocenters. The van der Waals surface area contributed by atoms with Gasteiger partial charge in [0.25, 0.3) is 18.3 Å². The van der Waals surface area contributed by atoms with Gasteiger partial charge in [0.1, 0.15) is 37.4 Å². The molecule has 6 N–H and O–H groups in total.